The minimum Gasteiger partial charge on any atom is -0.618 e. The summed E-state index contributed by atoms with van der Waals surface area (Å²) in [6, 6.07) is 9.80. The standard InChI is InChI=1S/C18H20N4O/c23-22-9-2-1-5-17(22)14-6-10-21(11-7-14)13-15-12-20-18-16(15)4-3-8-19-18/h1-5,8-9,12,14H,6-7,10-11,13H2,(H,19,20). The highest BCUT2D eigenvalue weighted by Gasteiger charge is 2.25. The number of pyridine rings is 2. The van der Waals surface area contributed by atoms with Crippen molar-refractivity contribution >= 4 is 11.0 Å². The molecule has 0 radical (unpaired) electrons. The Morgan fingerprint density at radius 3 is 2.91 bits per heavy atom. The number of nitrogens with one attached hydrogen (secondary N) is 1. The lowest BCUT2D eigenvalue weighted by atomic mass is 9.93. The summed E-state index contributed by atoms with van der Waals surface area (Å²) in [5.74, 6) is 0.370. The molecule has 1 aliphatic rings. The Morgan fingerprint density at radius 2 is 2.09 bits per heavy atom. The molecule has 0 atom stereocenters. The Bertz CT molecular complexity index is 805. The van der Waals surface area contributed by atoms with Crippen molar-refractivity contribution in [3.63, 3.8) is 0 Å². The molecular formula is C18H20N4O. The molecule has 0 unspecified atom stereocenters. The van der Waals surface area contributed by atoms with Crippen LogP contribution in [0.2, 0.25) is 0 Å². The van der Waals surface area contributed by atoms with Crippen LogP contribution in [-0.2, 0) is 6.54 Å². The zero-order valence-corrected chi connectivity index (χ0v) is 13.0. The van der Waals surface area contributed by atoms with E-state index in [4.69, 9.17) is 0 Å². The smallest absolute Gasteiger partial charge is 0.195 e. The zero-order valence-electron chi connectivity index (χ0n) is 13.0. The molecule has 0 aliphatic carbocycles. The summed E-state index contributed by atoms with van der Waals surface area (Å²) in [5.41, 5.74) is 3.16. The molecule has 0 spiro atoms. The van der Waals surface area contributed by atoms with Crippen LogP contribution in [0, 0.1) is 5.21 Å². The lowest BCUT2D eigenvalue weighted by Gasteiger charge is -2.30. The van der Waals surface area contributed by atoms with Gasteiger partial charge in [0.25, 0.3) is 0 Å². The van der Waals surface area contributed by atoms with Crippen LogP contribution in [0.25, 0.3) is 11.0 Å². The number of likely N-dealkylation sites (tertiary alicyclic amines) is 1. The molecule has 5 heteroatoms. The Kier molecular flexibility index (Phi) is 3.71. The third kappa shape index (κ3) is 2.80. The highest BCUT2D eigenvalue weighted by atomic mass is 16.5. The third-order valence-corrected chi connectivity index (χ3v) is 4.79. The van der Waals surface area contributed by atoms with E-state index in [1.54, 1.807) is 12.3 Å². The molecule has 0 amide bonds. The molecule has 4 heterocycles. The van der Waals surface area contributed by atoms with Crippen molar-refractivity contribution in [2.24, 2.45) is 0 Å². The summed E-state index contributed by atoms with van der Waals surface area (Å²) >= 11 is 0. The third-order valence-electron chi connectivity index (χ3n) is 4.79. The van der Waals surface area contributed by atoms with Gasteiger partial charge in [0.1, 0.15) is 5.65 Å². The van der Waals surface area contributed by atoms with Gasteiger partial charge in [-0.2, -0.15) is 4.73 Å². The molecule has 3 aromatic heterocycles. The number of nitrogens with zero attached hydrogens (tertiary/aromatic N) is 3. The number of fused-ring (bicyclic) bond motifs is 1. The van der Waals surface area contributed by atoms with Crippen molar-refractivity contribution in [2.45, 2.75) is 25.3 Å². The van der Waals surface area contributed by atoms with Crippen LogP contribution in [0.15, 0.2) is 48.9 Å². The van der Waals surface area contributed by atoms with Crippen molar-refractivity contribution in [3.8, 4) is 0 Å². The van der Waals surface area contributed by atoms with E-state index in [2.05, 4.69) is 27.1 Å². The predicted octanol–water partition coefficient (Wildman–Crippen LogP) is 2.58. The van der Waals surface area contributed by atoms with E-state index in [1.165, 1.54) is 10.9 Å². The fraction of sp³-hybridized carbons (Fsp3) is 0.333. The van der Waals surface area contributed by atoms with Gasteiger partial charge >= 0.3 is 0 Å². The first-order valence-corrected chi connectivity index (χ1v) is 8.12. The highest BCUT2D eigenvalue weighted by molar-refractivity contribution is 5.79. The van der Waals surface area contributed by atoms with E-state index >= 15 is 0 Å². The molecule has 4 rings (SSSR count). The Hall–Kier alpha value is -2.40. The van der Waals surface area contributed by atoms with Crippen LogP contribution < -0.4 is 4.73 Å². The van der Waals surface area contributed by atoms with Gasteiger partial charge in [-0.25, -0.2) is 4.98 Å². The van der Waals surface area contributed by atoms with Crippen molar-refractivity contribution in [2.75, 3.05) is 13.1 Å². The molecule has 1 N–H and O–H groups in total. The Morgan fingerprint density at radius 1 is 1.22 bits per heavy atom. The van der Waals surface area contributed by atoms with Crippen LogP contribution >= 0.6 is 0 Å². The Balaban J connectivity index is 1.43. The molecule has 1 saturated heterocycles. The SMILES string of the molecule is [O-][n+]1ccccc1C1CCN(Cc2c[nH]c3ncccc23)CC1. The number of H-pyrrole nitrogens is 1. The first-order chi connectivity index (χ1) is 11.3. The number of hydrogen-bond acceptors (Lipinski definition) is 3. The maximum atomic E-state index is 11.9. The second-order valence-electron chi connectivity index (χ2n) is 6.22. The highest BCUT2D eigenvalue weighted by Crippen LogP contribution is 2.27. The normalized spacial score (nSPS) is 16.9. The lowest BCUT2D eigenvalue weighted by molar-refractivity contribution is -0.616. The van der Waals surface area contributed by atoms with Crippen LogP contribution in [-0.4, -0.2) is 28.0 Å². The van der Waals surface area contributed by atoms with E-state index in [-0.39, 0.29) is 0 Å². The predicted molar refractivity (Wildman–Crippen MR) is 88.7 cm³/mol. The molecule has 0 bridgehead atoms. The molecule has 0 saturated carbocycles. The van der Waals surface area contributed by atoms with Crippen LogP contribution in [0.4, 0.5) is 0 Å². The van der Waals surface area contributed by atoms with E-state index in [1.807, 2.05) is 24.4 Å². The summed E-state index contributed by atoms with van der Waals surface area (Å²) in [6.07, 6.45) is 7.54. The number of aromatic amines is 1. The van der Waals surface area contributed by atoms with Gasteiger partial charge in [-0.15, -0.1) is 0 Å². The molecule has 5 nitrogen and oxygen atoms in total. The average Bonchev–Trinajstić information content (AvgIpc) is 2.99. The topological polar surface area (TPSA) is 58.9 Å². The molecule has 1 fully saturated rings. The van der Waals surface area contributed by atoms with E-state index in [0.717, 1.165) is 48.5 Å². The minimum absolute atomic E-state index is 0.370. The van der Waals surface area contributed by atoms with E-state index in [0.29, 0.717) is 5.92 Å². The quantitative estimate of drug-likeness (QED) is 0.597. The molecule has 0 aromatic carbocycles. The first-order valence-electron chi connectivity index (χ1n) is 8.12. The van der Waals surface area contributed by atoms with Crippen molar-refractivity contribution in [1.29, 1.82) is 0 Å². The van der Waals surface area contributed by atoms with Crippen LogP contribution in [0.3, 0.4) is 0 Å². The van der Waals surface area contributed by atoms with Gasteiger partial charge in [0.2, 0.25) is 0 Å². The van der Waals surface area contributed by atoms with Crippen molar-refractivity contribution < 1.29 is 4.73 Å². The van der Waals surface area contributed by atoms with Gasteiger partial charge in [0.15, 0.2) is 11.9 Å². The molecule has 1 aliphatic heterocycles. The van der Waals surface area contributed by atoms with Crippen molar-refractivity contribution in [3.05, 3.63) is 65.4 Å². The van der Waals surface area contributed by atoms with Crippen molar-refractivity contribution in [1.82, 2.24) is 14.9 Å². The van der Waals surface area contributed by atoms with Gasteiger partial charge in [-0.3, -0.25) is 4.90 Å². The molecule has 118 valence electrons. The second kappa shape index (κ2) is 6.01. The van der Waals surface area contributed by atoms with Gasteiger partial charge in [-0.05, 0) is 43.6 Å². The number of aromatic nitrogens is 3. The summed E-state index contributed by atoms with van der Waals surface area (Å²) < 4.78 is 1.02. The summed E-state index contributed by atoms with van der Waals surface area (Å²) in [7, 11) is 0. The monoisotopic (exact) mass is 308 g/mol. The van der Waals surface area contributed by atoms with E-state index < -0.39 is 0 Å². The van der Waals surface area contributed by atoms with Gasteiger partial charge in [-0.1, -0.05) is 6.07 Å². The maximum Gasteiger partial charge on any atom is 0.195 e. The van der Waals surface area contributed by atoms with Crippen LogP contribution in [0.5, 0.6) is 0 Å². The van der Waals surface area contributed by atoms with E-state index in [9.17, 15) is 5.21 Å². The number of hydrogen-bond donors (Lipinski definition) is 1. The number of rotatable bonds is 3. The largest absolute Gasteiger partial charge is 0.618 e. The van der Waals surface area contributed by atoms with Gasteiger partial charge in [0, 0.05) is 42.4 Å². The maximum absolute atomic E-state index is 11.9. The minimum atomic E-state index is 0.370. The first kappa shape index (κ1) is 14.2. The molecule has 23 heavy (non-hydrogen) atoms. The summed E-state index contributed by atoms with van der Waals surface area (Å²) in [6.45, 7) is 2.98. The summed E-state index contributed by atoms with van der Waals surface area (Å²) in [5, 5.41) is 13.1. The van der Waals surface area contributed by atoms with Gasteiger partial charge < -0.3 is 10.2 Å². The average molecular weight is 308 g/mol. The zero-order chi connectivity index (χ0) is 15.6. The lowest BCUT2D eigenvalue weighted by Crippen LogP contribution is -2.38. The van der Waals surface area contributed by atoms with Crippen LogP contribution in [0.1, 0.15) is 30.0 Å². The van der Waals surface area contributed by atoms with Gasteiger partial charge in [0.05, 0.1) is 0 Å². The second-order valence-corrected chi connectivity index (χ2v) is 6.22. The molecule has 3 aromatic rings. The molecular weight excluding hydrogens is 288 g/mol. The number of piperidine rings is 1. The fourth-order valence-electron chi connectivity index (χ4n) is 3.53. The summed E-state index contributed by atoms with van der Waals surface area (Å²) in [4.78, 5) is 10.0. The Labute approximate surface area is 135 Å². The fourth-order valence-corrected chi connectivity index (χ4v) is 3.53.